The molecule has 6 nitrogen and oxygen atoms in total. The summed E-state index contributed by atoms with van der Waals surface area (Å²) >= 11 is 11.6. The van der Waals surface area contributed by atoms with Crippen LogP contribution >= 0.6 is 23.2 Å². The number of carbonyl (C=O) groups excluding carboxylic acids is 1. The second-order valence-electron chi connectivity index (χ2n) is 5.05. The van der Waals surface area contributed by atoms with Crippen LogP contribution < -0.4 is 4.74 Å². The van der Waals surface area contributed by atoms with Crippen molar-refractivity contribution in [3.05, 3.63) is 67.7 Å². The van der Waals surface area contributed by atoms with Gasteiger partial charge in [0.15, 0.2) is 5.75 Å². The molecule has 0 radical (unpaired) electrons. The van der Waals surface area contributed by atoms with Gasteiger partial charge in [0, 0.05) is 11.1 Å². The standard InChI is InChI=1S/C16H10Cl2F3NO5/c17-10-2-3-11(12(18)8-10)15(23)27-6-5-26-14-4-1-9(16(19,20)21)7-13(14)22(24)25/h1-4,7-8H,5-6H2. The molecule has 0 aliphatic rings. The summed E-state index contributed by atoms with van der Waals surface area (Å²) in [5, 5.41) is 11.3. The smallest absolute Gasteiger partial charge is 0.416 e. The molecule has 2 rings (SSSR count). The fraction of sp³-hybridized carbons (Fsp3) is 0.188. The number of halogens is 5. The highest BCUT2D eigenvalue weighted by Gasteiger charge is 2.33. The Hall–Kier alpha value is -2.52. The lowest BCUT2D eigenvalue weighted by atomic mass is 10.2. The summed E-state index contributed by atoms with van der Waals surface area (Å²) in [7, 11) is 0. The first-order chi connectivity index (χ1) is 12.6. The molecule has 0 N–H and O–H groups in total. The van der Waals surface area contributed by atoms with Gasteiger partial charge in [-0.15, -0.1) is 0 Å². The number of carbonyl (C=O) groups is 1. The Morgan fingerprint density at radius 3 is 2.41 bits per heavy atom. The van der Waals surface area contributed by atoms with Crippen LogP contribution in [-0.4, -0.2) is 24.1 Å². The number of ether oxygens (including phenoxy) is 2. The second-order valence-corrected chi connectivity index (χ2v) is 5.89. The first-order valence-corrected chi connectivity index (χ1v) is 7.96. The van der Waals surface area contributed by atoms with Gasteiger partial charge in [-0.25, -0.2) is 4.79 Å². The van der Waals surface area contributed by atoms with E-state index in [1.54, 1.807) is 0 Å². The van der Waals surface area contributed by atoms with Crippen LogP contribution in [0.2, 0.25) is 10.0 Å². The zero-order valence-electron chi connectivity index (χ0n) is 13.3. The van der Waals surface area contributed by atoms with E-state index in [1.165, 1.54) is 18.2 Å². The van der Waals surface area contributed by atoms with E-state index in [4.69, 9.17) is 32.7 Å². The van der Waals surface area contributed by atoms with E-state index in [2.05, 4.69) is 0 Å². The minimum absolute atomic E-state index is 0.0570. The van der Waals surface area contributed by atoms with Gasteiger partial charge in [0.05, 0.1) is 21.1 Å². The summed E-state index contributed by atoms with van der Waals surface area (Å²) in [5.74, 6) is -1.16. The van der Waals surface area contributed by atoms with E-state index in [9.17, 15) is 28.1 Å². The molecule has 2 aromatic rings. The third-order valence-electron chi connectivity index (χ3n) is 3.21. The average molecular weight is 424 g/mol. The molecule has 144 valence electrons. The Morgan fingerprint density at radius 1 is 1.11 bits per heavy atom. The quantitative estimate of drug-likeness (QED) is 0.277. The van der Waals surface area contributed by atoms with Crippen molar-refractivity contribution in [2.75, 3.05) is 13.2 Å². The molecule has 0 atom stereocenters. The van der Waals surface area contributed by atoms with Crippen LogP contribution in [0.25, 0.3) is 0 Å². The molecule has 0 fully saturated rings. The lowest BCUT2D eigenvalue weighted by Crippen LogP contribution is -2.13. The number of rotatable bonds is 6. The van der Waals surface area contributed by atoms with Crippen molar-refractivity contribution in [1.82, 2.24) is 0 Å². The molecule has 0 aliphatic carbocycles. The van der Waals surface area contributed by atoms with E-state index in [0.717, 1.165) is 6.07 Å². The van der Waals surface area contributed by atoms with Crippen LogP contribution in [0.3, 0.4) is 0 Å². The van der Waals surface area contributed by atoms with Crippen LogP contribution in [0.5, 0.6) is 5.75 Å². The number of nitro benzene ring substituents is 1. The summed E-state index contributed by atoms with van der Waals surface area (Å²) in [6.45, 7) is -0.626. The molecule has 0 spiro atoms. The number of benzene rings is 2. The first-order valence-electron chi connectivity index (χ1n) is 7.20. The molecule has 11 heteroatoms. The molecule has 0 unspecified atom stereocenters. The molecule has 0 aromatic heterocycles. The van der Waals surface area contributed by atoms with Crippen LogP contribution in [0.4, 0.5) is 18.9 Å². The van der Waals surface area contributed by atoms with Crippen molar-refractivity contribution < 1.29 is 32.4 Å². The predicted molar refractivity (Wildman–Crippen MR) is 90.3 cm³/mol. The number of nitrogens with zero attached hydrogens (tertiary/aromatic N) is 1. The van der Waals surface area contributed by atoms with Crippen molar-refractivity contribution in [1.29, 1.82) is 0 Å². The Morgan fingerprint density at radius 2 is 1.81 bits per heavy atom. The summed E-state index contributed by atoms with van der Waals surface area (Å²) in [5.41, 5.74) is -1.97. The molecule has 0 amide bonds. The lowest BCUT2D eigenvalue weighted by Gasteiger charge is -2.11. The van der Waals surface area contributed by atoms with E-state index < -0.39 is 28.3 Å². The van der Waals surface area contributed by atoms with Gasteiger partial charge in [-0.3, -0.25) is 10.1 Å². The largest absolute Gasteiger partial charge is 0.483 e. The van der Waals surface area contributed by atoms with Crippen LogP contribution in [0.1, 0.15) is 15.9 Å². The van der Waals surface area contributed by atoms with Crippen molar-refractivity contribution in [2.24, 2.45) is 0 Å². The van der Waals surface area contributed by atoms with Gasteiger partial charge in [-0.05, 0) is 30.3 Å². The highest BCUT2D eigenvalue weighted by Crippen LogP contribution is 2.36. The molecule has 2 aromatic carbocycles. The number of nitro groups is 1. The Bertz CT molecular complexity index is 874. The SMILES string of the molecule is O=C(OCCOc1ccc(C(F)(F)F)cc1[N+](=O)[O-])c1ccc(Cl)cc1Cl. The summed E-state index contributed by atoms with van der Waals surface area (Å²) in [6.07, 6.45) is -4.73. The molecule has 0 saturated carbocycles. The fourth-order valence-corrected chi connectivity index (χ4v) is 2.46. The lowest BCUT2D eigenvalue weighted by molar-refractivity contribution is -0.386. The number of alkyl halides is 3. The molecular weight excluding hydrogens is 414 g/mol. The highest BCUT2D eigenvalue weighted by atomic mass is 35.5. The topological polar surface area (TPSA) is 78.7 Å². The zero-order valence-corrected chi connectivity index (χ0v) is 14.8. The maximum absolute atomic E-state index is 12.6. The molecule has 0 bridgehead atoms. The van der Waals surface area contributed by atoms with Crippen molar-refractivity contribution in [2.45, 2.75) is 6.18 Å². The molecule has 0 heterocycles. The monoisotopic (exact) mass is 423 g/mol. The summed E-state index contributed by atoms with van der Waals surface area (Å²) in [4.78, 5) is 21.8. The third kappa shape index (κ3) is 5.48. The van der Waals surface area contributed by atoms with E-state index in [-0.39, 0.29) is 29.5 Å². The van der Waals surface area contributed by atoms with Crippen molar-refractivity contribution >= 4 is 34.9 Å². The molecular formula is C16H10Cl2F3NO5. The second kappa shape index (κ2) is 8.45. The van der Waals surface area contributed by atoms with Gasteiger partial charge < -0.3 is 9.47 Å². The van der Waals surface area contributed by atoms with E-state index in [0.29, 0.717) is 17.2 Å². The Balaban J connectivity index is 1.98. The van der Waals surface area contributed by atoms with Gasteiger partial charge >= 0.3 is 17.8 Å². The predicted octanol–water partition coefficient (Wildman–Crippen LogP) is 5.16. The number of esters is 1. The maximum atomic E-state index is 12.6. The van der Waals surface area contributed by atoms with Gasteiger partial charge in [0.1, 0.15) is 13.2 Å². The highest BCUT2D eigenvalue weighted by molar-refractivity contribution is 6.36. The van der Waals surface area contributed by atoms with Gasteiger partial charge in [0.2, 0.25) is 0 Å². The van der Waals surface area contributed by atoms with E-state index >= 15 is 0 Å². The van der Waals surface area contributed by atoms with Gasteiger partial charge in [-0.2, -0.15) is 13.2 Å². The van der Waals surface area contributed by atoms with E-state index in [1.807, 2.05) is 0 Å². The molecule has 27 heavy (non-hydrogen) atoms. The number of hydrogen-bond acceptors (Lipinski definition) is 5. The molecule has 0 aliphatic heterocycles. The summed E-state index contributed by atoms with van der Waals surface area (Å²) in [6, 6.07) is 6.00. The fourth-order valence-electron chi connectivity index (χ4n) is 1.98. The molecule has 0 saturated heterocycles. The van der Waals surface area contributed by atoms with Gasteiger partial charge in [0.25, 0.3) is 0 Å². The van der Waals surface area contributed by atoms with Crippen molar-refractivity contribution in [3.8, 4) is 5.75 Å². The third-order valence-corrected chi connectivity index (χ3v) is 3.76. The maximum Gasteiger partial charge on any atom is 0.416 e. The number of hydrogen-bond donors (Lipinski definition) is 0. The van der Waals surface area contributed by atoms with Crippen LogP contribution in [0, 0.1) is 10.1 Å². The zero-order chi connectivity index (χ0) is 20.2. The minimum atomic E-state index is -4.73. The first kappa shape index (κ1) is 20.8. The van der Waals surface area contributed by atoms with Crippen LogP contribution in [0.15, 0.2) is 36.4 Å². The normalized spacial score (nSPS) is 11.1. The summed E-state index contributed by atoms with van der Waals surface area (Å²) < 4.78 is 47.9. The minimum Gasteiger partial charge on any atom is -0.483 e. The Kier molecular flexibility index (Phi) is 6.50. The van der Waals surface area contributed by atoms with Crippen LogP contribution in [-0.2, 0) is 10.9 Å². The Labute approximate surface area is 160 Å². The average Bonchev–Trinajstić information content (AvgIpc) is 2.57. The van der Waals surface area contributed by atoms with Crippen molar-refractivity contribution in [3.63, 3.8) is 0 Å². The van der Waals surface area contributed by atoms with Gasteiger partial charge in [-0.1, -0.05) is 23.2 Å².